The van der Waals surface area contributed by atoms with Crippen LogP contribution in [0.15, 0.2) is 54.9 Å². The Bertz CT molecular complexity index is 1050. The molecule has 1 aromatic heterocycles. The van der Waals surface area contributed by atoms with Gasteiger partial charge in [-0.05, 0) is 49.5 Å². The molecule has 31 heavy (non-hydrogen) atoms. The van der Waals surface area contributed by atoms with E-state index in [2.05, 4.69) is 32.1 Å². The Labute approximate surface area is 197 Å². The number of anilines is 2. The Morgan fingerprint density at radius 2 is 1.65 bits per heavy atom. The largest absolute Gasteiger partial charge is 0.369 e. The summed E-state index contributed by atoms with van der Waals surface area (Å²) in [5, 5.41) is 3.79. The summed E-state index contributed by atoms with van der Waals surface area (Å²) in [5.74, 6) is -0.300. The number of carbonyl (C=O) groups is 1. The average Bonchev–Trinajstić information content (AvgIpc) is 2.77. The molecule has 1 N–H and O–H groups in total. The van der Waals surface area contributed by atoms with Crippen LogP contribution in [0.25, 0.3) is 11.3 Å². The molecule has 0 radical (unpaired) electrons. The van der Waals surface area contributed by atoms with E-state index >= 15 is 0 Å². The van der Waals surface area contributed by atoms with E-state index in [0.29, 0.717) is 21.4 Å². The highest BCUT2D eigenvalue weighted by atomic mass is 35.5. The lowest BCUT2D eigenvalue weighted by molar-refractivity contribution is 0.102. The van der Waals surface area contributed by atoms with Crippen LogP contribution in [0.4, 0.5) is 11.4 Å². The minimum Gasteiger partial charge on any atom is -0.369 e. The number of hydrogen-bond acceptors (Lipinski definition) is 5. The minimum absolute atomic E-state index is 0. The predicted molar refractivity (Wildman–Crippen MR) is 129 cm³/mol. The van der Waals surface area contributed by atoms with Crippen LogP contribution in [0.5, 0.6) is 0 Å². The van der Waals surface area contributed by atoms with Crippen molar-refractivity contribution in [2.75, 3.05) is 43.4 Å². The fraction of sp³-hybridized carbons (Fsp3) is 0.227. The maximum absolute atomic E-state index is 12.7. The van der Waals surface area contributed by atoms with Gasteiger partial charge < -0.3 is 15.1 Å². The second-order valence-electron chi connectivity index (χ2n) is 7.21. The number of benzene rings is 2. The van der Waals surface area contributed by atoms with Gasteiger partial charge in [-0.15, -0.1) is 12.4 Å². The van der Waals surface area contributed by atoms with Gasteiger partial charge in [-0.25, -0.2) is 9.97 Å². The van der Waals surface area contributed by atoms with Gasteiger partial charge in [-0.1, -0.05) is 29.3 Å². The molecule has 1 aliphatic heterocycles. The number of carbonyl (C=O) groups excluding carboxylic acids is 1. The first-order valence-electron chi connectivity index (χ1n) is 9.62. The van der Waals surface area contributed by atoms with Crippen molar-refractivity contribution in [3.63, 3.8) is 0 Å². The maximum atomic E-state index is 12.7. The van der Waals surface area contributed by atoms with Crippen LogP contribution in [0.3, 0.4) is 0 Å². The van der Waals surface area contributed by atoms with Crippen LogP contribution < -0.4 is 10.2 Å². The lowest BCUT2D eigenvalue weighted by atomic mass is 10.1. The number of piperazine rings is 1. The Hall–Kier alpha value is -2.38. The SMILES string of the molecule is CN1CCN(c2ccc(NC(=O)c3cc(-c4ccc(Cl)c(Cl)c4)ncn3)cc2)CC1.Cl. The molecule has 1 fully saturated rings. The van der Waals surface area contributed by atoms with E-state index in [9.17, 15) is 4.79 Å². The van der Waals surface area contributed by atoms with Gasteiger partial charge >= 0.3 is 0 Å². The summed E-state index contributed by atoms with van der Waals surface area (Å²) in [7, 11) is 2.13. The molecule has 0 unspecified atom stereocenters. The summed E-state index contributed by atoms with van der Waals surface area (Å²) in [5.41, 5.74) is 3.50. The molecule has 2 aromatic carbocycles. The summed E-state index contributed by atoms with van der Waals surface area (Å²) in [6.07, 6.45) is 1.36. The van der Waals surface area contributed by atoms with Gasteiger partial charge in [-0.2, -0.15) is 0 Å². The van der Waals surface area contributed by atoms with Crippen LogP contribution >= 0.6 is 35.6 Å². The van der Waals surface area contributed by atoms with Gasteiger partial charge in [0.25, 0.3) is 5.91 Å². The average molecular weight is 479 g/mol. The highest BCUT2D eigenvalue weighted by molar-refractivity contribution is 6.42. The first-order chi connectivity index (χ1) is 14.5. The van der Waals surface area contributed by atoms with Crippen molar-refractivity contribution < 1.29 is 4.79 Å². The molecule has 0 bridgehead atoms. The molecular formula is C22H22Cl3N5O. The van der Waals surface area contributed by atoms with Crippen molar-refractivity contribution in [2.45, 2.75) is 0 Å². The molecule has 1 amide bonds. The van der Waals surface area contributed by atoms with Gasteiger partial charge in [-0.3, -0.25) is 4.79 Å². The monoisotopic (exact) mass is 477 g/mol. The Balaban J connectivity index is 0.00000272. The molecule has 0 spiro atoms. The lowest BCUT2D eigenvalue weighted by Gasteiger charge is -2.34. The van der Waals surface area contributed by atoms with Crippen molar-refractivity contribution in [2.24, 2.45) is 0 Å². The van der Waals surface area contributed by atoms with E-state index < -0.39 is 0 Å². The topological polar surface area (TPSA) is 61.4 Å². The molecule has 0 atom stereocenters. The third-order valence-corrected chi connectivity index (χ3v) is 5.85. The van der Waals surface area contributed by atoms with Crippen molar-refractivity contribution in [1.29, 1.82) is 0 Å². The fourth-order valence-electron chi connectivity index (χ4n) is 3.31. The van der Waals surface area contributed by atoms with E-state index in [1.54, 1.807) is 24.3 Å². The van der Waals surface area contributed by atoms with Crippen LogP contribution in [-0.4, -0.2) is 54.0 Å². The number of hydrogen-bond donors (Lipinski definition) is 1. The minimum atomic E-state index is -0.300. The number of amides is 1. The molecule has 2 heterocycles. The molecular weight excluding hydrogens is 457 g/mol. The summed E-state index contributed by atoms with van der Waals surface area (Å²) in [4.78, 5) is 25.7. The summed E-state index contributed by atoms with van der Waals surface area (Å²) in [6, 6.07) is 14.7. The number of likely N-dealkylation sites (N-methyl/N-ethyl adjacent to an activating group) is 1. The molecule has 0 saturated carbocycles. The third-order valence-electron chi connectivity index (χ3n) is 5.11. The van der Waals surface area contributed by atoms with Gasteiger partial charge in [0.1, 0.15) is 12.0 Å². The second-order valence-corrected chi connectivity index (χ2v) is 8.02. The van der Waals surface area contributed by atoms with Crippen molar-refractivity contribution in [3.8, 4) is 11.3 Å². The van der Waals surface area contributed by atoms with E-state index in [1.165, 1.54) is 6.33 Å². The predicted octanol–water partition coefficient (Wildman–Crippen LogP) is 4.88. The van der Waals surface area contributed by atoms with E-state index in [4.69, 9.17) is 23.2 Å². The van der Waals surface area contributed by atoms with Gasteiger partial charge in [0.2, 0.25) is 0 Å². The third kappa shape index (κ3) is 5.66. The number of nitrogens with zero attached hydrogens (tertiary/aromatic N) is 4. The van der Waals surface area contributed by atoms with Crippen molar-refractivity contribution in [3.05, 3.63) is 70.6 Å². The van der Waals surface area contributed by atoms with Gasteiger partial charge in [0.15, 0.2) is 0 Å². The van der Waals surface area contributed by atoms with E-state index in [0.717, 1.165) is 37.4 Å². The molecule has 1 aliphatic rings. The number of aromatic nitrogens is 2. The first kappa shape index (κ1) is 23.3. The van der Waals surface area contributed by atoms with Crippen LogP contribution in [0, 0.1) is 0 Å². The van der Waals surface area contributed by atoms with E-state index in [1.807, 2.05) is 24.3 Å². The molecule has 6 nitrogen and oxygen atoms in total. The summed E-state index contributed by atoms with van der Waals surface area (Å²) in [6.45, 7) is 4.10. The zero-order valence-corrected chi connectivity index (χ0v) is 19.2. The summed E-state index contributed by atoms with van der Waals surface area (Å²) < 4.78 is 0. The van der Waals surface area contributed by atoms with Gasteiger partial charge in [0.05, 0.1) is 15.7 Å². The molecule has 0 aliphatic carbocycles. The van der Waals surface area contributed by atoms with Crippen LogP contribution in [0.1, 0.15) is 10.5 Å². The molecule has 162 valence electrons. The van der Waals surface area contributed by atoms with Crippen LogP contribution in [0.2, 0.25) is 10.0 Å². The van der Waals surface area contributed by atoms with Crippen molar-refractivity contribution in [1.82, 2.24) is 14.9 Å². The Morgan fingerprint density at radius 3 is 2.32 bits per heavy atom. The molecule has 4 rings (SSSR count). The second kappa shape index (κ2) is 10.3. The number of rotatable bonds is 4. The zero-order valence-electron chi connectivity index (χ0n) is 16.9. The zero-order chi connectivity index (χ0) is 21.1. The molecule has 3 aromatic rings. The summed E-state index contributed by atoms with van der Waals surface area (Å²) >= 11 is 12.1. The van der Waals surface area contributed by atoms with Crippen LogP contribution in [-0.2, 0) is 0 Å². The number of nitrogens with one attached hydrogen (secondary N) is 1. The molecule has 1 saturated heterocycles. The smallest absolute Gasteiger partial charge is 0.274 e. The quantitative estimate of drug-likeness (QED) is 0.579. The maximum Gasteiger partial charge on any atom is 0.274 e. The van der Waals surface area contributed by atoms with Gasteiger partial charge in [0, 0.05) is 43.1 Å². The first-order valence-corrected chi connectivity index (χ1v) is 10.4. The Morgan fingerprint density at radius 1 is 0.935 bits per heavy atom. The normalized spacial score (nSPS) is 14.1. The number of halogens is 3. The standard InChI is InChI=1S/C22H21Cl2N5O.ClH/c1-28-8-10-29(11-9-28)17-5-3-16(4-6-17)27-22(30)21-13-20(25-14-26-21)15-2-7-18(23)19(24)12-15;/h2-7,12-14H,8-11H2,1H3,(H,27,30);1H. The molecule has 9 heteroatoms. The van der Waals surface area contributed by atoms with E-state index in [-0.39, 0.29) is 24.0 Å². The lowest BCUT2D eigenvalue weighted by Crippen LogP contribution is -2.44. The fourth-order valence-corrected chi connectivity index (χ4v) is 3.61. The highest BCUT2D eigenvalue weighted by Gasteiger charge is 2.15. The highest BCUT2D eigenvalue weighted by Crippen LogP contribution is 2.27. The van der Waals surface area contributed by atoms with Crippen molar-refractivity contribution >= 4 is 52.9 Å². The Kier molecular flexibility index (Phi) is 7.73.